The van der Waals surface area contributed by atoms with Crippen molar-refractivity contribution in [3.63, 3.8) is 0 Å². The number of esters is 1. The number of aromatic nitrogens is 2. The number of ether oxygens (including phenoxy) is 4. The van der Waals surface area contributed by atoms with E-state index in [1.54, 1.807) is 42.5 Å². The van der Waals surface area contributed by atoms with Gasteiger partial charge in [0.25, 0.3) is 5.91 Å². The van der Waals surface area contributed by atoms with Crippen LogP contribution in [0.2, 0.25) is 0 Å². The zero-order chi connectivity index (χ0) is 26.5. The molecule has 0 saturated heterocycles. The van der Waals surface area contributed by atoms with Gasteiger partial charge in [-0.15, -0.1) is 0 Å². The van der Waals surface area contributed by atoms with Crippen molar-refractivity contribution >= 4 is 44.2 Å². The molecule has 1 amide bonds. The molecule has 0 fully saturated rings. The Hall–Kier alpha value is -4.78. The smallest absolute Gasteiger partial charge is 0.345 e. The first-order chi connectivity index (χ1) is 17.8. The normalized spacial score (nSPS) is 10.6. The number of carbonyl (C=O) groups is 2. The zero-order valence-corrected chi connectivity index (χ0v) is 20.7. The molecule has 0 unspecified atom stereocenters. The van der Waals surface area contributed by atoms with Gasteiger partial charge < -0.3 is 18.9 Å². The monoisotopic (exact) mass is 524 g/mol. The Morgan fingerprint density at radius 3 is 2.38 bits per heavy atom. The van der Waals surface area contributed by atoms with Crippen LogP contribution in [0.25, 0.3) is 22.2 Å². The number of rotatable bonds is 9. The molecule has 0 spiro atoms. The summed E-state index contributed by atoms with van der Waals surface area (Å²) < 4.78 is 21.5. The van der Waals surface area contributed by atoms with Crippen molar-refractivity contribution in [1.29, 1.82) is 0 Å². The number of carbonyl (C=O) groups excluding carboxylic acids is 2. The van der Waals surface area contributed by atoms with Crippen molar-refractivity contribution < 1.29 is 33.5 Å². The second kappa shape index (κ2) is 10.9. The molecule has 1 N–H and O–H groups in total. The summed E-state index contributed by atoms with van der Waals surface area (Å²) in [5.41, 5.74) is 1.74. The maximum Gasteiger partial charge on any atom is 0.345 e. The van der Waals surface area contributed by atoms with Crippen molar-refractivity contribution in [3.8, 4) is 28.5 Å². The van der Waals surface area contributed by atoms with Crippen molar-refractivity contribution in [2.45, 2.75) is 0 Å². The van der Waals surface area contributed by atoms with Gasteiger partial charge in [-0.05, 0) is 35.6 Å². The molecule has 0 saturated carbocycles. The molecule has 190 valence electrons. The lowest BCUT2D eigenvalue weighted by Crippen LogP contribution is -2.21. The van der Waals surface area contributed by atoms with E-state index in [9.17, 15) is 19.7 Å². The third-order valence-electron chi connectivity index (χ3n) is 5.15. The molecule has 37 heavy (non-hydrogen) atoms. The molecule has 0 atom stereocenters. The van der Waals surface area contributed by atoms with Crippen molar-refractivity contribution in [1.82, 2.24) is 9.97 Å². The zero-order valence-electron chi connectivity index (χ0n) is 19.8. The van der Waals surface area contributed by atoms with Crippen LogP contribution in [0.4, 0.5) is 10.1 Å². The van der Waals surface area contributed by atoms with Gasteiger partial charge in [0, 0.05) is 10.9 Å². The number of nitrogens with zero attached hydrogens (tertiary/aromatic N) is 3. The molecule has 2 aromatic carbocycles. The van der Waals surface area contributed by atoms with Gasteiger partial charge in [0.2, 0.25) is 5.75 Å². The lowest BCUT2D eigenvalue weighted by Gasteiger charge is -2.15. The van der Waals surface area contributed by atoms with Crippen LogP contribution in [-0.2, 0) is 9.53 Å². The molecular formula is C24H20N4O8S. The van der Waals surface area contributed by atoms with Crippen LogP contribution in [0, 0.1) is 10.1 Å². The highest BCUT2D eigenvalue weighted by molar-refractivity contribution is 7.18. The highest BCUT2D eigenvalue weighted by Crippen LogP contribution is 2.41. The number of hydrogen-bond donors (Lipinski definition) is 1. The topological polar surface area (TPSA) is 152 Å². The third-order valence-corrected chi connectivity index (χ3v) is 6.02. The van der Waals surface area contributed by atoms with E-state index < -0.39 is 23.4 Å². The summed E-state index contributed by atoms with van der Waals surface area (Å²) in [6, 6.07) is 11.9. The van der Waals surface area contributed by atoms with E-state index in [2.05, 4.69) is 15.3 Å². The fraction of sp³-hybridized carbons (Fsp3) is 0.167. The van der Waals surface area contributed by atoms with Gasteiger partial charge in [0.15, 0.2) is 23.2 Å². The number of anilines is 1. The number of fused-ring (bicyclic) bond motifs is 1. The minimum absolute atomic E-state index is 0.0202. The van der Waals surface area contributed by atoms with E-state index in [0.717, 1.165) is 6.20 Å². The fourth-order valence-corrected chi connectivity index (χ4v) is 4.14. The number of para-hydroxylation sites is 1. The largest absolute Gasteiger partial charge is 0.493 e. The van der Waals surface area contributed by atoms with Gasteiger partial charge in [-0.3, -0.25) is 20.2 Å². The number of pyridine rings is 1. The molecule has 4 rings (SSSR count). The van der Waals surface area contributed by atoms with Gasteiger partial charge >= 0.3 is 11.0 Å². The molecule has 12 nitrogen and oxygen atoms in total. The summed E-state index contributed by atoms with van der Waals surface area (Å²) in [6.07, 6.45) is 1.03. The van der Waals surface area contributed by atoms with Gasteiger partial charge in [-0.1, -0.05) is 18.2 Å². The van der Waals surface area contributed by atoms with E-state index in [4.69, 9.17) is 18.9 Å². The molecule has 2 aromatic heterocycles. The summed E-state index contributed by atoms with van der Waals surface area (Å²) in [4.78, 5) is 43.9. The Morgan fingerprint density at radius 1 is 1.05 bits per heavy atom. The Balaban J connectivity index is 1.62. The first-order valence-corrected chi connectivity index (χ1v) is 11.4. The van der Waals surface area contributed by atoms with Crippen LogP contribution in [-0.4, -0.2) is 54.7 Å². The van der Waals surface area contributed by atoms with Crippen LogP contribution >= 0.6 is 11.3 Å². The lowest BCUT2D eigenvalue weighted by molar-refractivity contribution is -0.380. The first kappa shape index (κ1) is 25.3. The van der Waals surface area contributed by atoms with E-state index in [-0.39, 0.29) is 15.7 Å². The van der Waals surface area contributed by atoms with Crippen LogP contribution in [0.1, 0.15) is 10.4 Å². The molecule has 0 aliphatic carbocycles. The average Bonchev–Trinajstić information content (AvgIpc) is 3.38. The molecular weight excluding hydrogens is 504 g/mol. The highest BCUT2D eigenvalue weighted by atomic mass is 32.1. The predicted octanol–water partition coefficient (Wildman–Crippen LogP) is 4.09. The highest BCUT2D eigenvalue weighted by Gasteiger charge is 2.20. The Morgan fingerprint density at radius 2 is 1.76 bits per heavy atom. The van der Waals surface area contributed by atoms with Gasteiger partial charge in [0.1, 0.15) is 6.20 Å². The molecule has 0 aliphatic heterocycles. The second-order valence-electron chi connectivity index (χ2n) is 7.37. The molecule has 2 heterocycles. The van der Waals surface area contributed by atoms with Crippen molar-refractivity contribution in [3.05, 3.63) is 64.3 Å². The first-order valence-electron chi connectivity index (χ1n) is 10.6. The van der Waals surface area contributed by atoms with Crippen LogP contribution in [0.3, 0.4) is 0 Å². The minimum atomic E-state index is -0.757. The summed E-state index contributed by atoms with van der Waals surface area (Å²) in [5.74, 6) is -0.218. The molecule has 0 aliphatic rings. The second-order valence-corrected chi connectivity index (χ2v) is 8.38. The Kier molecular flexibility index (Phi) is 7.44. The quantitative estimate of drug-likeness (QED) is 0.192. The maximum absolute atomic E-state index is 13.0. The molecule has 4 aromatic rings. The number of nitrogens with one attached hydrogen (secondary N) is 1. The van der Waals surface area contributed by atoms with E-state index in [1.807, 2.05) is 0 Å². The molecule has 0 radical (unpaired) electrons. The van der Waals surface area contributed by atoms with Gasteiger partial charge in [-0.2, -0.15) is 0 Å². The van der Waals surface area contributed by atoms with Crippen LogP contribution < -0.4 is 19.5 Å². The van der Waals surface area contributed by atoms with E-state index in [0.29, 0.717) is 50.7 Å². The van der Waals surface area contributed by atoms with Crippen molar-refractivity contribution in [2.75, 3.05) is 33.3 Å². The van der Waals surface area contributed by atoms with Gasteiger partial charge in [-0.25, -0.2) is 14.8 Å². The summed E-state index contributed by atoms with van der Waals surface area (Å²) in [6.45, 7) is -0.623. The van der Waals surface area contributed by atoms with Gasteiger partial charge in [0.05, 0.1) is 43.0 Å². The minimum Gasteiger partial charge on any atom is -0.493 e. The standard InChI is InChI=1S/C24H20N4O8S/c1-33-18-8-13(9-19(34-2)22(18)35-3)17-10-15(14-6-4-5-7-16(14)26-17)23(30)36-12-20(29)27-24-25-11-21(37-24)28(31)32/h4-11H,12H2,1-3H3,(H,25,27,29). The number of methoxy groups -OCH3 is 3. The Labute approximate surface area is 213 Å². The van der Waals surface area contributed by atoms with E-state index >= 15 is 0 Å². The van der Waals surface area contributed by atoms with Crippen molar-refractivity contribution in [2.24, 2.45) is 0 Å². The van der Waals surface area contributed by atoms with E-state index in [1.165, 1.54) is 21.3 Å². The predicted molar refractivity (Wildman–Crippen MR) is 135 cm³/mol. The maximum atomic E-state index is 13.0. The number of hydrogen-bond acceptors (Lipinski definition) is 11. The van der Waals surface area contributed by atoms with Crippen LogP contribution in [0.5, 0.6) is 17.2 Å². The lowest BCUT2D eigenvalue weighted by atomic mass is 10.0. The third kappa shape index (κ3) is 5.41. The average molecular weight is 525 g/mol. The number of benzene rings is 2. The summed E-state index contributed by atoms with van der Waals surface area (Å²) >= 11 is 0.690. The fourth-order valence-electron chi connectivity index (χ4n) is 3.49. The summed E-state index contributed by atoms with van der Waals surface area (Å²) in [5, 5.41) is 13.5. The van der Waals surface area contributed by atoms with Crippen LogP contribution in [0.15, 0.2) is 48.7 Å². The number of nitro groups is 1. The Bertz CT molecular complexity index is 1480. The molecule has 0 bridgehead atoms. The summed E-state index contributed by atoms with van der Waals surface area (Å²) in [7, 11) is 4.48. The molecule has 13 heteroatoms. The SMILES string of the molecule is COc1cc(-c2cc(C(=O)OCC(=O)Nc3ncc([N+](=O)[O-])s3)c3ccccc3n2)cc(OC)c1OC. The number of amides is 1. The number of thiazole rings is 1.